The highest BCUT2D eigenvalue weighted by atomic mass is 16.1. The smallest absolute Gasteiger partial charge is 0.211 e. The molecule has 0 aromatic rings. The van der Waals surface area contributed by atoms with Crippen LogP contribution in [-0.4, -0.2) is 24.2 Å². The van der Waals surface area contributed by atoms with Gasteiger partial charge in [0.1, 0.15) is 0 Å². The summed E-state index contributed by atoms with van der Waals surface area (Å²) in [7, 11) is 0. The molecular weight excluding hydrogens is 180 g/mol. The van der Waals surface area contributed by atoms with Gasteiger partial charge in [0.2, 0.25) is 12.2 Å². The van der Waals surface area contributed by atoms with E-state index in [0.717, 1.165) is 12.8 Å². The molecule has 0 N–H and O–H groups in total. The Morgan fingerprint density at radius 3 is 1.93 bits per heavy atom. The van der Waals surface area contributed by atoms with Gasteiger partial charge in [-0.05, 0) is 24.7 Å². The third-order valence-electron chi connectivity index (χ3n) is 2.89. The van der Waals surface area contributed by atoms with Gasteiger partial charge in [-0.3, -0.25) is 0 Å². The lowest BCUT2D eigenvalue weighted by atomic mass is 9.76. The summed E-state index contributed by atoms with van der Waals surface area (Å²) in [6.07, 6.45) is 4.81. The molecule has 1 aliphatic rings. The molecule has 0 amide bonds. The van der Waals surface area contributed by atoms with Crippen molar-refractivity contribution in [3.63, 3.8) is 0 Å². The predicted octanol–water partition coefficient (Wildman–Crippen LogP) is 1.46. The van der Waals surface area contributed by atoms with Crippen LogP contribution in [0.15, 0.2) is 9.98 Å². The standard InChI is InChI=1S/C10H14N2O2/c1-7-3-9(11-5-13)4-8(2)10(7)12-6-14/h7-10H,3-4H2,1-2H3. The summed E-state index contributed by atoms with van der Waals surface area (Å²) >= 11 is 0. The average Bonchev–Trinajstić information content (AvgIpc) is 2.12. The van der Waals surface area contributed by atoms with Gasteiger partial charge in [0, 0.05) is 0 Å². The summed E-state index contributed by atoms with van der Waals surface area (Å²) in [6.45, 7) is 4.04. The molecule has 1 rings (SSSR count). The number of nitrogens with zero attached hydrogens (tertiary/aromatic N) is 2. The molecular formula is C10H14N2O2. The second-order valence-corrected chi connectivity index (χ2v) is 4.01. The Morgan fingerprint density at radius 1 is 1.00 bits per heavy atom. The van der Waals surface area contributed by atoms with Crippen molar-refractivity contribution in [3.05, 3.63) is 0 Å². The van der Waals surface area contributed by atoms with Crippen molar-refractivity contribution in [2.24, 2.45) is 21.8 Å². The fourth-order valence-electron chi connectivity index (χ4n) is 2.29. The van der Waals surface area contributed by atoms with E-state index in [-0.39, 0.29) is 23.9 Å². The summed E-state index contributed by atoms with van der Waals surface area (Å²) in [5, 5.41) is 0. The molecule has 0 spiro atoms. The summed E-state index contributed by atoms with van der Waals surface area (Å²) in [4.78, 5) is 27.8. The molecule has 1 fully saturated rings. The van der Waals surface area contributed by atoms with Crippen LogP contribution in [0.1, 0.15) is 26.7 Å². The third-order valence-corrected chi connectivity index (χ3v) is 2.89. The Morgan fingerprint density at radius 2 is 1.50 bits per heavy atom. The quantitative estimate of drug-likeness (QED) is 0.493. The van der Waals surface area contributed by atoms with Crippen molar-refractivity contribution in [2.45, 2.75) is 38.8 Å². The molecule has 76 valence electrons. The van der Waals surface area contributed by atoms with E-state index in [1.54, 1.807) is 12.2 Å². The Balaban J connectivity index is 2.71. The maximum Gasteiger partial charge on any atom is 0.235 e. The number of isocyanates is 2. The lowest BCUT2D eigenvalue weighted by molar-refractivity contribution is 0.228. The van der Waals surface area contributed by atoms with Crippen LogP contribution in [0.4, 0.5) is 0 Å². The number of aliphatic imine (C=N–C) groups is 2. The molecule has 4 heteroatoms. The summed E-state index contributed by atoms with van der Waals surface area (Å²) in [5.74, 6) is 0.560. The molecule has 0 aromatic heterocycles. The van der Waals surface area contributed by atoms with Crippen LogP contribution in [0.5, 0.6) is 0 Å². The van der Waals surface area contributed by atoms with Gasteiger partial charge in [0.05, 0.1) is 12.1 Å². The molecule has 1 aliphatic carbocycles. The maximum absolute atomic E-state index is 10.2. The van der Waals surface area contributed by atoms with E-state index in [1.807, 2.05) is 13.8 Å². The van der Waals surface area contributed by atoms with Gasteiger partial charge in [0.25, 0.3) is 0 Å². The molecule has 0 aromatic carbocycles. The Hall–Kier alpha value is -1.24. The zero-order valence-electron chi connectivity index (χ0n) is 8.43. The Kier molecular flexibility index (Phi) is 3.75. The molecule has 0 radical (unpaired) electrons. The van der Waals surface area contributed by atoms with E-state index < -0.39 is 0 Å². The number of carbonyl (C=O) groups excluding carboxylic acids is 2. The highest BCUT2D eigenvalue weighted by molar-refractivity contribution is 5.35. The van der Waals surface area contributed by atoms with Crippen molar-refractivity contribution in [1.82, 2.24) is 0 Å². The molecule has 0 aliphatic heterocycles. The molecule has 0 saturated heterocycles. The van der Waals surface area contributed by atoms with E-state index in [4.69, 9.17) is 0 Å². The lowest BCUT2D eigenvalue weighted by Gasteiger charge is -2.33. The monoisotopic (exact) mass is 194 g/mol. The van der Waals surface area contributed by atoms with Gasteiger partial charge in [-0.1, -0.05) is 13.8 Å². The van der Waals surface area contributed by atoms with Crippen LogP contribution >= 0.6 is 0 Å². The molecule has 1 saturated carbocycles. The van der Waals surface area contributed by atoms with E-state index in [1.165, 1.54) is 0 Å². The van der Waals surface area contributed by atoms with Crippen molar-refractivity contribution in [3.8, 4) is 0 Å². The largest absolute Gasteiger partial charge is 0.235 e. The molecule has 0 heterocycles. The summed E-state index contributed by atoms with van der Waals surface area (Å²) in [6, 6.07) is 0.0844. The van der Waals surface area contributed by atoms with Crippen molar-refractivity contribution in [1.29, 1.82) is 0 Å². The van der Waals surface area contributed by atoms with Crippen LogP contribution in [-0.2, 0) is 9.59 Å². The Bertz CT molecular complexity index is 278. The zero-order chi connectivity index (χ0) is 10.6. The van der Waals surface area contributed by atoms with E-state index in [0.29, 0.717) is 0 Å². The van der Waals surface area contributed by atoms with Gasteiger partial charge in [-0.15, -0.1) is 0 Å². The molecule has 4 nitrogen and oxygen atoms in total. The first kappa shape index (κ1) is 10.8. The molecule has 2 unspecified atom stereocenters. The topological polar surface area (TPSA) is 58.9 Å². The van der Waals surface area contributed by atoms with Gasteiger partial charge in [-0.25, -0.2) is 19.6 Å². The van der Waals surface area contributed by atoms with Crippen LogP contribution in [0, 0.1) is 11.8 Å². The van der Waals surface area contributed by atoms with Crippen LogP contribution in [0.25, 0.3) is 0 Å². The van der Waals surface area contributed by atoms with E-state index >= 15 is 0 Å². The molecule has 0 bridgehead atoms. The minimum absolute atomic E-state index is 0.0330. The van der Waals surface area contributed by atoms with E-state index in [2.05, 4.69) is 9.98 Å². The van der Waals surface area contributed by atoms with Crippen LogP contribution < -0.4 is 0 Å². The molecule has 14 heavy (non-hydrogen) atoms. The highest BCUT2D eigenvalue weighted by Gasteiger charge is 2.32. The maximum atomic E-state index is 10.2. The van der Waals surface area contributed by atoms with Crippen molar-refractivity contribution in [2.75, 3.05) is 0 Å². The van der Waals surface area contributed by atoms with E-state index in [9.17, 15) is 9.59 Å². The molecule has 2 atom stereocenters. The normalized spacial score (nSPS) is 36.7. The first-order valence-corrected chi connectivity index (χ1v) is 4.83. The summed E-state index contributed by atoms with van der Waals surface area (Å²) in [5.41, 5.74) is 0. The third kappa shape index (κ3) is 2.38. The number of rotatable bonds is 2. The first-order valence-electron chi connectivity index (χ1n) is 4.83. The Labute approximate surface area is 83.1 Å². The second-order valence-electron chi connectivity index (χ2n) is 4.01. The van der Waals surface area contributed by atoms with Gasteiger partial charge >= 0.3 is 0 Å². The first-order chi connectivity index (χ1) is 6.69. The van der Waals surface area contributed by atoms with Gasteiger partial charge in [0.15, 0.2) is 0 Å². The second kappa shape index (κ2) is 4.85. The lowest BCUT2D eigenvalue weighted by Crippen LogP contribution is -2.34. The number of hydrogen-bond donors (Lipinski definition) is 0. The minimum Gasteiger partial charge on any atom is -0.211 e. The van der Waals surface area contributed by atoms with Crippen molar-refractivity contribution >= 4 is 12.2 Å². The zero-order valence-corrected chi connectivity index (χ0v) is 8.43. The van der Waals surface area contributed by atoms with Crippen molar-refractivity contribution < 1.29 is 9.59 Å². The van der Waals surface area contributed by atoms with Crippen LogP contribution in [0.2, 0.25) is 0 Å². The number of hydrogen-bond acceptors (Lipinski definition) is 4. The van der Waals surface area contributed by atoms with Crippen LogP contribution in [0.3, 0.4) is 0 Å². The SMILES string of the molecule is CC1CC(N=C=O)CC(C)C1N=C=O. The minimum atomic E-state index is 0.0330. The summed E-state index contributed by atoms with van der Waals surface area (Å²) < 4.78 is 0. The van der Waals surface area contributed by atoms with Gasteiger partial charge < -0.3 is 0 Å². The average molecular weight is 194 g/mol. The van der Waals surface area contributed by atoms with Gasteiger partial charge in [-0.2, -0.15) is 0 Å². The fraction of sp³-hybridized carbons (Fsp3) is 0.800. The highest BCUT2D eigenvalue weighted by Crippen LogP contribution is 2.32. The fourth-order valence-corrected chi connectivity index (χ4v) is 2.29. The predicted molar refractivity (Wildman–Crippen MR) is 51.4 cm³/mol.